The number of ether oxygens (including phenoxy) is 2. The van der Waals surface area contributed by atoms with Crippen molar-refractivity contribution < 1.29 is 9.47 Å². The summed E-state index contributed by atoms with van der Waals surface area (Å²) in [4.78, 5) is 0. The summed E-state index contributed by atoms with van der Waals surface area (Å²) >= 11 is 0. The topological polar surface area (TPSA) is 68.3 Å². The van der Waals surface area contributed by atoms with Crippen molar-refractivity contribution in [3.05, 3.63) is 0 Å². The Morgan fingerprint density at radius 1 is 1.23 bits per heavy atom. The van der Waals surface area contributed by atoms with E-state index in [9.17, 15) is 0 Å². The molecule has 4 nitrogen and oxygen atoms in total. The highest BCUT2D eigenvalue weighted by molar-refractivity contribution is 4.85. The molecular formula is C9H18N2O2. The summed E-state index contributed by atoms with van der Waals surface area (Å²) in [6, 6.07) is 1.54. The molecule has 0 heterocycles. The molecule has 0 aromatic rings. The van der Waals surface area contributed by atoms with Gasteiger partial charge in [-0.2, -0.15) is 5.26 Å². The van der Waals surface area contributed by atoms with Crippen molar-refractivity contribution >= 4 is 0 Å². The Labute approximate surface area is 79.6 Å². The molecule has 13 heavy (non-hydrogen) atoms. The van der Waals surface area contributed by atoms with Crippen LogP contribution in [0, 0.1) is 11.3 Å². The third-order valence-electron chi connectivity index (χ3n) is 1.46. The van der Waals surface area contributed by atoms with Crippen LogP contribution in [0.15, 0.2) is 0 Å². The van der Waals surface area contributed by atoms with E-state index in [0.29, 0.717) is 26.2 Å². The van der Waals surface area contributed by atoms with Crippen molar-refractivity contribution in [1.82, 2.24) is 0 Å². The predicted octanol–water partition coefficient (Wildman–Crippen LogP) is 0.671. The molecule has 0 aliphatic heterocycles. The first-order chi connectivity index (χ1) is 6.31. The second-order valence-corrected chi connectivity index (χ2v) is 2.75. The van der Waals surface area contributed by atoms with Crippen molar-refractivity contribution in [1.29, 1.82) is 5.26 Å². The molecule has 0 saturated heterocycles. The maximum Gasteiger partial charge on any atom is 0.0950 e. The Bertz CT molecular complexity index is 145. The van der Waals surface area contributed by atoms with E-state index in [-0.39, 0.29) is 0 Å². The Morgan fingerprint density at radius 3 is 2.38 bits per heavy atom. The second-order valence-electron chi connectivity index (χ2n) is 2.75. The van der Waals surface area contributed by atoms with E-state index in [0.717, 1.165) is 13.0 Å². The molecule has 0 bridgehead atoms. The molecule has 1 unspecified atom stereocenters. The quantitative estimate of drug-likeness (QED) is 0.566. The normalized spacial score (nSPS) is 12.4. The lowest BCUT2D eigenvalue weighted by atomic mass is 10.3. The molecule has 2 N–H and O–H groups in total. The molecule has 0 spiro atoms. The van der Waals surface area contributed by atoms with E-state index in [2.05, 4.69) is 6.92 Å². The van der Waals surface area contributed by atoms with Gasteiger partial charge >= 0.3 is 0 Å². The molecule has 0 aromatic carbocycles. The number of nitrogens with zero attached hydrogens (tertiary/aromatic N) is 1. The van der Waals surface area contributed by atoms with E-state index in [1.807, 2.05) is 6.07 Å². The second kappa shape index (κ2) is 9.46. The minimum absolute atomic E-state index is 0.406. The fourth-order valence-electron chi connectivity index (χ4n) is 0.741. The van der Waals surface area contributed by atoms with Crippen LogP contribution < -0.4 is 5.73 Å². The predicted molar refractivity (Wildman–Crippen MR) is 50.1 cm³/mol. The largest absolute Gasteiger partial charge is 0.379 e. The van der Waals surface area contributed by atoms with E-state index >= 15 is 0 Å². The van der Waals surface area contributed by atoms with Gasteiger partial charge in [0, 0.05) is 13.2 Å². The zero-order valence-corrected chi connectivity index (χ0v) is 8.16. The van der Waals surface area contributed by atoms with E-state index < -0.39 is 6.04 Å². The fourth-order valence-corrected chi connectivity index (χ4v) is 0.741. The summed E-state index contributed by atoms with van der Waals surface area (Å²) in [5, 5.41) is 8.35. The van der Waals surface area contributed by atoms with Gasteiger partial charge in [0.25, 0.3) is 0 Å². The number of hydrogen-bond acceptors (Lipinski definition) is 4. The average molecular weight is 186 g/mol. The highest BCUT2D eigenvalue weighted by Gasteiger charge is 1.98. The highest BCUT2D eigenvalue weighted by atomic mass is 16.5. The average Bonchev–Trinajstić information content (AvgIpc) is 2.16. The van der Waals surface area contributed by atoms with Crippen LogP contribution >= 0.6 is 0 Å². The van der Waals surface area contributed by atoms with Crippen molar-refractivity contribution in [3.63, 3.8) is 0 Å². The monoisotopic (exact) mass is 186 g/mol. The lowest BCUT2D eigenvalue weighted by molar-refractivity contribution is 0.0466. The molecule has 0 saturated carbocycles. The molecule has 0 rings (SSSR count). The van der Waals surface area contributed by atoms with Crippen LogP contribution in [0.3, 0.4) is 0 Å². The van der Waals surface area contributed by atoms with E-state index in [1.165, 1.54) is 0 Å². The van der Waals surface area contributed by atoms with Crippen LogP contribution in [0.5, 0.6) is 0 Å². The van der Waals surface area contributed by atoms with Gasteiger partial charge < -0.3 is 15.2 Å². The fraction of sp³-hybridized carbons (Fsp3) is 0.889. The zero-order valence-electron chi connectivity index (χ0n) is 8.16. The molecule has 0 aliphatic carbocycles. The first-order valence-corrected chi connectivity index (χ1v) is 4.62. The third kappa shape index (κ3) is 9.28. The van der Waals surface area contributed by atoms with Gasteiger partial charge in [-0.05, 0) is 12.8 Å². The van der Waals surface area contributed by atoms with Gasteiger partial charge in [-0.1, -0.05) is 6.92 Å². The molecule has 0 amide bonds. The van der Waals surface area contributed by atoms with Gasteiger partial charge in [-0.3, -0.25) is 0 Å². The molecule has 1 atom stereocenters. The smallest absolute Gasteiger partial charge is 0.0950 e. The molecule has 0 fully saturated rings. The van der Waals surface area contributed by atoms with Crippen LogP contribution in [0.1, 0.15) is 19.8 Å². The Balaban J connectivity index is 2.96. The molecule has 0 aromatic heterocycles. The minimum atomic E-state index is -0.406. The molecule has 0 aliphatic rings. The number of nitriles is 1. The van der Waals surface area contributed by atoms with Crippen molar-refractivity contribution in [2.24, 2.45) is 5.73 Å². The van der Waals surface area contributed by atoms with Gasteiger partial charge in [-0.25, -0.2) is 0 Å². The lowest BCUT2D eigenvalue weighted by Crippen LogP contribution is -2.20. The number of hydrogen-bond donors (Lipinski definition) is 1. The van der Waals surface area contributed by atoms with Gasteiger partial charge in [0.1, 0.15) is 0 Å². The minimum Gasteiger partial charge on any atom is -0.379 e. The molecule has 4 heteroatoms. The number of nitrogens with two attached hydrogens (primary N) is 1. The Hall–Kier alpha value is -0.630. The summed E-state index contributed by atoms with van der Waals surface area (Å²) in [7, 11) is 0. The van der Waals surface area contributed by atoms with Gasteiger partial charge in [-0.15, -0.1) is 0 Å². The van der Waals surface area contributed by atoms with Crippen molar-refractivity contribution in [2.45, 2.75) is 25.8 Å². The van der Waals surface area contributed by atoms with Crippen LogP contribution in [-0.2, 0) is 9.47 Å². The zero-order chi connectivity index (χ0) is 9.94. The van der Waals surface area contributed by atoms with Crippen molar-refractivity contribution in [3.8, 4) is 6.07 Å². The Morgan fingerprint density at radius 2 is 1.85 bits per heavy atom. The number of rotatable bonds is 8. The summed E-state index contributed by atoms with van der Waals surface area (Å²) in [5.41, 5.74) is 5.36. The summed E-state index contributed by atoms with van der Waals surface area (Å²) < 4.78 is 10.4. The highest BCUT2D eigenvalue weighted by Crippen LogP contribution is 1.88. The maximum atomic E-state index is 8.35. The van der Waals surface area contributed by atoms with E-state index in [4.69, 9.17) is 20.5 Å². The van der Waals surface area contributed by atoms with Crippen molar-refractivity contribution in [2.75, 3.05) is 26.4 Å². The summed E-state index contributed by atoms with van der Waals surface area (Å²) in [6.07, 6.45) is 1.61. The summed E-state index contributed by atoms with van der Waals surface area (Å²) in [6.45, 7) is 4.58. The third-order valence-corrected chi connectivity index (χ3v) is 1.46. The standard InChI is InChI=1S/C9H18N2O2/c1-2-4-12-6-7-13-5-3-9(11)8-10/h9H,2-7,11H2,1H3. The van der Waals surface area contributed by atoms with Gasteiger partial charge in [0.05, 0.1) is 25.3 Å². The lowest BCUT2D eigenvalue weighted by Gasteiger charge is -2.05. The molecule has 76 valence electrons. The molecule has 0 radical (unpaired) electrons. The van der Waals surface area contributed by atoms with E-state index in [1.54, 1.807) is 0 Å². The first-order valence-electron chi connectivity index (χ1n) is 4.62. The van der Waals surface area contributed by atoms with Crippen LogP contribution in [0.2, 0.25) is 0 Å². The Kier molecular flexibility index (Phi) is 9.00. The van der Waals surface area contributed by atoms with Gasteiger partial charge in [0.2, 0.25) is 0 Å². The van der Waals surface area contributed by atoms with Crippen LogP contribution in [-0.4, -0.2) is 32.5 Å². The van der Waals surface area contributed by atoms with Crippen LogP contribution in [0.4, 0.5) is 0 Å². The van der Waals surface area contributed by atoms with Gasteiger partial charge in [0.15, 0.2) is 0 Å². The molecular weight excluding hydrogens is 168 g/mol. The summed E-state index contributed by atoms with van der Waals surface area (Å²) in [5.74, 6) is 0. The first kappa shape index (κ1) is 12.4. The maximum absolute atomic E-state index is 8.35. The SMILES string of the molecule is CCCOCCOCCC(N)C#N. The van der Waals surface area contributed by atoms with Crippen LogP contribution in [0.25, 0.3) is 0 Å².